The van der Waals surface area contributed by atoms with Crippen molar-refractivity contribution in [3.8, 4) is 0 Å². The van der Waals surface area contributed by atoms with Crippen molar-refractivity contribution in [1.82, 2.24) is 15.8 Å². The Morgan fingerprint density at radius 1 is 1.45 bits per heavy atom. The van der Waals surface area contributed by atoms with Gasteiger partial charge in [-0.3, -0.25) is 0 Å². The third kappa shape index (κ3) is 1.20. The molecule has 1 fully saturated rings. The van der Waals surface area contributed by atoms with Crippen LogP contribution in [0.1, 0.15) is 12.8 Å². The largest absolute Gasteiger partial charge is 0.376 e. The second-order valence-electron chi connectivity index (χ2n) is 3.27. The third-order valence-electron chi connectivity index (χ3n) is 2.56. The zero-order chi connectivity index (χ0) is 7.68. The number of hydrogen-bond donors (Lipinski definition) is 2. The van der Waals surface area contributed by atoms with Gasteiger partial charge in [-0.05, 0) is 12.8 Å². The number of rotatable bonds is 2. The van der Waals surface area contributed by atoms with Gasteiger partial charge in [-0.2, -0.15) is 0 Å². The number of hydrogen-bond acceptors (Lipinski definition) is 3. The van der Waals surface area contributed by atoms with E-state index in [2.05, 4.69) is 22.0 Å². The summed E-state index contributed by atoms with van der Waals surface area (Å²) in [4.78, 5) is 2.39. The van der Waals surface area contributed by atoms with Crippen LogP contribution in [0.2, 0.25) is 0 Å². The second kappa shape index (κ2) is 2.74. The summed E-state index contributed by atoms with van der Waals surface area (Å²) in [6.45, 7) is 2.50. The molecule has 0 aromatic rings. The molecule has 62 valence electrons. The average Bonchev–Trinajstić information content (AvgIpc) is 2.07. The molecule has 1 saturated heterocycles. The summed E-state index contributed by atoms with van der Waals surface area (Å²) in [5.41, 5.74) is 7.53. The van der Waals surface area contributed by atoms with Gasteiger partial charge < -0.3 is 10.3 Å². The van der Waals surface area contributed by atoms with Gasteiger partial charge in [-0.25, -0.2) is 5.43 Å². The van der Waals surface area contributed by atoms with E-state index in [-0.39, 0.29) is 0 Å². The molecule has 3 heterocycles. The molecule has 3 aliphatic rings. The molecule has 3 heteroatoms. The first-order valence-corrected chi connectivity index (χ1v) is 4.28. The number of piperidine rings is 1. The Labute approximate surface area is 67.4 Å². The van der Waals surface area contributed by atoms with E-state index in [4.69, 9.17) is 0 Å². The SMILES string of the molecule is CNNC1=CN2CCC1CC2. The molecule has 2 bridgehead atoms. The number of allylic oxidation sites excluding steroid dienone is 1. The summed E-state index contributed by atoms with van der Waals surface area (Å²) < 4.78 is 0. The zero-order valence-electron chi connectivity index (χ0n) is 6.93. The standard InChI is InChI=1S/C8H15N3/c1-9-10-8-6-11-4-2-7(8)3-5-11/h6-7,9-10H,2-5H2,1H3. The van der Waals surface area contributed by atoms with Gasteiger partial charge in [0.25, 0.3) is 0 Å². The molecule has 0 spiro atoms. The molecule has 0 saturated carbocycles. The lowest BCUT2D eigenvalue weighted by Gasteiger charge is -2.39. The van der Waals surface area contributed by atoms with E-state index >= 15 is 0 Å². The smallest absolute Gasteiger partial charge is 0.0452 e. The molecule has 2 N–H and O–H groups in total. The van der Waals surface area contributed by atoms with E-state index in [1.807, 2.05) is 7.05 Å². The number of nitrogens with one attached hydrogen (secondary N) is 2. The highest BCUT2D eigenvalue weighted by molar-refractivity contribution is 5.10. The molecule has 0 aromatic carbocycles. The molecule has 3 aliphatic heterocycles. The minimum absolute atomic E-state index is 0.785. The highest BCUT2D eigenvalue weighted by Gasteiger charge is 2.26. The fourth-order valence-electron chi connectivity index (χ4n) is 1.92. The molecule has 3 rings (SSSR count). The lowest BCUT2D eigenvalue weighted by molar-refractivity contribution is 0.218. The summed E-state index contributed by atoms with van der Waals surface area (Å²) in [6.07, 6.45) is 4.88. The number of hydrazine groups is 1. The maximum Gasteiger partial charge on any atom is 0.0452 e. The van der Waals surface area contributed by atoms with Gasteiger partial charge in [0.2, 0.25) is 0 Å². The predicted molar refractivity (Wildman–Crippen MR) is 44.6 cm³/mol. The normalized spacial score (nSPS) is 23.7. The molecule has 11 heavy (non-hydrogen) atoms. The molecule has 0 atom stereocenters. The summed E-state index contributed by atoms with van der Waals surface area (Å²) in [5, 5.41) is 0. The molecular weight excluding hydrogens is 138 g/mol. The molecule has 3 nitrogen and oxygen atoms in total. The van der Waals surface area contributed by atoms with E-state index in [9.17, 15) is 0 Å². The van der Waals surface area contributed by atoms with Gasteiger partial charge in [0, 0.05) is 38.0 Å². The Morgan fingerprint density at radius 2 is 2.18 bits per heavy atom. The monoisotopic (exact) mass is 153 g/mol. The highest BCUT2D eigenvalue weighted by atomic mass is 15.4. The molecule has 0 aromatic heterocycles. The maximum absolute atomic E-state index is 3.19. The van der Waals surface area contributed by atoms with Crippen LogP contribution >= 0.6 is 0 Å². The minimum Gasteiger partial charge on any atom is -0.376 e. The van der Waals surface area contributed by atoms with Crippen LogP contribution in [0.3, 0.4) is 0 Å². The predicted octanol–water partition coefficient (Wildman–Crippen LogP) is 0.277. The molecule has 0 aliphatic carbocycles. The van der Waals surface area contributed by atoms with Crippen LogP contribution in [0.5, 0.6) is 0 Å². The van der Waals surface area contributed by atoms with Crippen LogP contribution in [0, 0.1) is 5.92 Å². The molecule has 0 unspecified atom stereocenters. The van der Waals surface area contributed by atoms with Crippen molar-refractivity contribution in [2.75, 3.05) is 20.1 Å². The lowest BCUT2D eigenvalue weighted by Crippen LogP contribution is -2.42. The second-order valence-corrected chi connectivity index (χ2v) is 3.27. The highest BCUT2D eigenvalue weighted by Crippen LogP contribution is 2.28. The van der Waals surface area contributed by atoms with Gasteiger partial charge in [-0.1, -0.05) is 0 Å². The topological polar surface area (TPSA) is 27.3 Å². The van der Waals surface area contributed by atoms with E-state index < -0.39 is 0 Å². The molecule has 0 amide bonds. The number of nitrogens with zero attached hydrogens (tertiary/aromatic N) is 1. The van der Waals surface area contributed by atoms with Gasteiger partial charge >= 0.3 is 0 Å². The van der Waals surface area contributed by atoms with Gasteiger partial charge in [0.05, 0.1) is 0 Å². The average molecular weight is 153 g/mol. The van der Waals surface area contributed by atoms with Gasteiger partial charge in [0.15, 0.2) is 0 Å². The first kappa shape index (κ1) is 6.98. The van der Waals surface area contributed by atoms with Crippen LogP contribution < -0.4 is 10.9 Å². The Kier molecular flexibility index (Phi) is 1.74. The fourth-order valence-corrected chi connectivity index (χ4v) is 1.92. The Bertz CT molecular complexity index is 168. The Balaban J connectivity index is 2.08. The van der Waals surface area contributed by atoms with Crippen molar-refractivity contribution in [1.29, 1.82) is 0 Å². The van der Waals surface area contributed by atoms with E-state index in [1.54, 1.807) is 0 Å². The Morgan fingerprint density at radius 3 is 2.64 bits per heavy atom. The maximum atomic E-state index is 3.19. The van der Waals surface area contributed by atoms with Crippen LogP contribution in [-0.2, 0) is 0 Å². The van der Waals surface area contributed by atoms with Crippen molar-refractivity contribution in [3.05, 3.63) is 11.9 Å². The van der Waals surface area contributed by atoms with Crippen molar-refractivity contribution in [3.63, 3.8) is 0 Å². The van der Waals surface area contributed by atoms with Crippen LogP contribution in [0.4, 0.5) is 0 Å². The van der Waals surface area contributed by atoms with Crippen molar-refractivity contribution >= 4 is 0 Å². The quantitative estimate of drug-likeness (QED) is 0.558. The molecular formula is C8H15N3. The van der Waals surface area contributed by atoms with Crippen molar-refractivity contribution in [2.45, 2.75) is 12.8 Å². The summed E-state index contributed by atoms with van der Waals surface area (Å²) in [6, 6.07) is 0. The number of fused-ring (bicyclic) bond motifs is 2. The summed E-state index contributed by atoms with van der Waals surface area (Å²) >= 11 is 0. The van der Waals surface area contributed by atoms with Crippen molar-refractivity contribution in [2.24, 2.45) is 5.92 Å². The van der Waals surface area contributed by atoms with Gasteiger partial charge in [-0.15, -0.1) is 0 Å². The molecule has 0 radical (unpaired) electrons. The summed E-state index contributed by atoms with van der Waals surface area (Å²) in [5.74, 6) is 0.785. The van der Waals surface area contributed by atoms with Gasteiger partial charge in [0.1, 0.15) is 0 Å². The van der Waals surface area contributed by atoms with E-state index in [1.165, 1.54) is 31.6 Å². The first-order chi connectivity index (χ1) is 5.40. The van der Waals surface area contributed by atoms with E-state index in [0.717, 1.165) is 5.92 Å². The minimum atomic E-state index is 0.785. The first-order valence-electron chi connectivity index (χ1n) is 4.28. The summed E-state index contributed by atoms with van der Waals surface area (Å²) in [7, 11) is 1.92. The zero-order valence-corrected chi connectivity index (χ0v) is 6.93. The van der Waals surface area contributed by atoms with E-state index in [0.29, 0.717) is 0 Å². The van der Waals surface area contributed by atoms with Crippen LogP contribution in [0.25, 0.3) is 0 Å². The fraction of sp³-hybridized carbons (Fsp3) is 0.750. The Hall–Kier alpha value is -0.700. The van der Waals surface area contributed by atoms with Crippen LogP contribution in [0.15, 0.2) is 11.9 Å². The van der Waals surface area contributed by atoms with Crippen molar-refractivity contribution < 1.29 is 0 Å². The third-order valence-corrected chi connectivity index (χ3v) is 2.56. The lowest BCUT2D eigenvalue weighted by atomic mass is 9.90. The van der Waals surface area contributed by atoms with Crippen LogP contribution in [-0.4, -0.2) is 25.0 Å².